The van der Waals surface area contributed by atoms with Gasteiger partial charge in [0.15, 0.2) is 11.8 Å². The molecule has 0 saturated carbocycles. The van der Waals surface area contributed by atoms with Crippen molar-refractivity contribution in [2.24, 2.45) is 4.99 Å². The molecule has 0 radical (unpaired) electrons. The van der Waals surface area contributed by atoms with Crippen LogP contribution in [0.4, 0.5) is 0 Å². The number of nitrogens with zero attached hydrogens (tertiary/aromatic N) is 4. The summed E-state index contributed by atoms with van der Waals surface area (Å²) in [6.07, 6.45) is 4.26. The fraction of sp³-hybridized carbons (Fsp3) is 0.800. The van der Waals surface area contributed by atoms with Gasteiger partial charge in [-0.15, -0.1) is 0 Å². The van der Waals surface area contributed by atoms with E-state index in [1.165, 1.54) is 0 Å². The topological polar surface area (TPSA) is 76.4 Å². The van der Waals surface area contributed by atoms with Crippen LogP contribution in [-0.2, 0) is 24.3 Å². The van der Waals surface area contributed by atoms with Gasteiger partial charge in [-0.25, -0.2) is 9.67 Å². The molecule has 22 heavy (non-hydrogen) atoms. The molecule has 1 aromatic heterocycles. The molecule has 0 saturated heterocycles. The zero-order valence-corrected chi connectivity index (χ0v) is 13.9. The number of methoxy groups -OCH3 is 1. The van der Waals surface area contributed by atoms with E-state index < -0.39 is 0 Å². The van der Waals surface area contributed by atoms with E-state index in [4.69, 9.17) is 4.74 Å². The Kier molecular flexibility index (Phi) is 6.64. The molecule has 7 heteroatoms. The van der Waals surface area contributed by atoms with Gasteiger partial charge in [0, 0.05) is 32.7 Å². The molecule has 1 unspecified atom stereocenters. The first kappa shape index (κ1) is 16.7. The van der Waals surface area contributed by atoms with E-state index in [9.17, 15) is 0 Å². The second kappa shape index (κ2) is 8.73. The second-order valence-corrected chi connectivity index (χ2v) is 5.55. The highest BCUT2D eigenvalue weighted by molar-refractivity contribution is 5.80. The van der Waals surface area contributed by atoms with Crippen molar-refractivity contribution < 1.29 is 4.74 Å². The number of fused-ring (bicyclic) bond motifs is 1. The lowest BCUT2D eigenvalue weighted by Crippen LogP contribution is -2.47. The summed E-state index contributed by atoms with van der Waals surface area (Å²) in [6, 6.07) is 0.337. The molecule has 1 atom stereocenters. The van der Waals surface area contributed by atoms with Crippen molar-refractivity contribution in [1.82, 2.24) is 25.4 Å². The van der Waals surface area contributed by atoms with Crippen LogP contribution in [0.2, 0.25) is 0 Å². The van der Waals surface area contributed by atoms with Gasteiger partial charge in [0.1, 0.15) is 12.4 Å². The Bertz CT molecular complexity index is 484. The van der Waals surface area contributed by atoms with Crippen LogP contribution < -0.4 is 10.6 Å². The normalized spacial score (nSPS) is 18.1. The van der Waals surface area contributed by atoms with Crippen molar-refractivity contribution in [3.8, 4) is 0 Å². The molecule has 1 aromatic rings. The molecule has 1 aliphatic rings. The van der Waals surface area contributed by atoms with Gasteiger partial charge in [0.2, 0.25) is 0 Å². The fourth-order valence-electron chi connectivity index (χ4n) is 2.53. The van der Waals surface area contributed by atoms with Crippen LogP contribution in [-0.4, -0.2) is 47.0 Å². The van der Waals surface area contributed by atoms with Crippen LogP contribution in [0.3, 0.4) is 0 Å². The maximum atomic E-state index is 5.10. The minimum Gasteiger partial charge on any atom is -0.377 e. The van der Waals surface area contributed by atoms with E-state index >= 15 is 0 Å². The number of aliphatic imine (C=N–C) groups is 1. The minimum atomic E-state index is 0.337. The molecule has 0 aromatic carbocycles. The third-order valence-corrected chi connectivity index (χ3v) is 3.64. The third-order valence-electron chi connectivity index (χ3n) is 3.64. The number of hydrogen-bond acceptors (Lipinski definition) is 4. The fourth-order valence-corrected chi connectivity index (χ4v) is 2.53. The second-order valence-electron chi connectivity index (χ2n) is 5.55. The van der Waals surface area contributed by atoms with Crippen LogP contribution in [0.5, 0.6) is 0 Å². The maximum Gasteiger partial charge on any atom is 0.191 e. The number of aryl methyl sites for hydroxylation is 1. The highest BCUT2D eigenvalue weighted by Crippen LogP contribution is 2.13. The van der Waals surface area contributed by atoms with Crippen LogP contribution in [0.1, 0.15) is 44.8 Å². The molecular formula is C15H28N6O. The summed E-state index contributed by atoms with van der Waals surface area (Å²) in [5.74, 6) is 2.72. The highest BCUT2D eigenvalue weighted by atomic mass is 16.5. The average Bonchev–Trinajstić information content (AvgIpc) is 2.89. The zero-order chi connectivity index (χ0) is 15.8. The molecular weight excluding hydrogens is 280 g/mol. The SMILES string of the molecule is CCCCN=C(NCC)NC1CCc2nc(COC)nn2C1. The number of unbranched alkanes of at least 4 members (excludes halogenated alkanes) is 1. The van der Waals surface area contributed by atoms with Gasteiger partial charge in [-0.3, -0.25) is 4.99 Å². The minimum absolute atomic E-state index is 0.337. The van der Waals surface area contributed by atoms with E-state index in [1.54, 1.807) is 7.11 Å². The van der Waals surface area contributed by atoms with Gasteiger partial charge in [-0.1, -0.05) is 13.3 Å². The number of hydrogen-bond donors (Lipinski definition) is 2. The zero-order valence-electron chi connectivity index (χ0n) is 13.9. The first-order valence-corrected chi connectivity index (χ1v) is 8.23. The van der Waals surface area contributed by atoms with Crippen LogP contribution >= 0.6 is 0 Å². The molecule has 0 spiro atoms. The molecule has 0 bridgehead atoms. The number of aromatic nitrogens is 3. The van der Waals surface area contributed by atoms with E-state index in [0.717, 1.165) is 62.9 Å². The van der Waals surface area contributed by atoms with Gasteiger partial charge < -0.3 is 15.4 Å². The van der Waals surface area contributed by atoms with Crippen molar-refractivity contribution in [2.45, 2.75) is 58.7 Å². The summed E-state index contributed by atoms with van der Waals surface area (Å²) in [7, 11) is 1.67. The van der Waals surface area contributed by atoms with Crippen molar-refractivity contribution in [3.63, 3.8) is 0 Å². The number of guanidine groups is 1. The monoisotopic (exact) mass is 308 g/mol. The molecule has 1 aliphatic heterocycles. The Hall–Kier alpha value is -1.63. The number of nitrogens with one attached hydrogen (secondary N) is 2. The lowest BCUT2D eigenvalue weighted by atomic mass is 10.1. The standard InChI is InChI=1S/C15H28N6O/c1-4-6-9-17-15(16-5-2)18-12-7-8-14-19-13(11-22-3)20-21(14)10-12/h12H,4-11H2,1-3H3,(H2,16,17,18). The predicted octanol–water partition coefficient (Wildman–Crippen LogP) is 1.09. The Morgan fingerprint density at radius 2 is 2.32 bits per heavy atom. The van der Waals surface area contributed by atoms with Crippen molar-refractivity contribution in [1.29, 1.82) is 0 Å². The van der Waals surface area contributed by atoms with Crippen molar-refractivity contribution in [3.05, 3.63) is 11.6 Å². The average molecular weight is 308 g/mol. The first-order chi connectivity index (χ1) is 10.8. The summed E-state index contributed by atoms with van der Waals surface area (Å²) in [5.41, 5.74) is 0. The summed E-state index contributed by atoms with van der Waals surface area (Å²) in [6.45, 7) is 7.30. The first-order valence-electron chi connectivity index (χ1n) is 8.23. The largest absolute Gasteiger partial charge is 0.377 e. The highest BCUT2D eigenvalue weighted by Gasteiger charge is 2.22. The molecule has 0 aliphatic carbocycles. The van der Waals surface area contributed by atoms with Crippen LogP contribution in [0.25, 0.3) is 0 Å². The molecule has 2 rings (SSSR count). The molecule has 2 heterocycles. The van der Waals surface area contributed by atoms with Crippen LogP contribution in [0.15, 0.2) is 4.99 Å². The van der Waals surface area contributed by atoms with Crippen molar-refractivity contribution in [2.75, 3.05) is 20.2 Å². The molecule has 124 valence electrons. The Morgan fingerprint density at radius 3 is 3.05 bits per heavy atom. The summed E-state index contributed by atoms with van der Waals surface area (Å²) in [4.78, 5) is 9.12. The summed E-state index contributed by atoms with van der Waals surface area (Å²) >= 11 is 0. The van der Waals surface area contributed by atoms with Crippen LogP contribution in [0, 0.1) is 0 Å². The third kappa shape index (κ3) is 4.69. The van der Waals surface area contributed by atoms with Gasteiger partial charge in [-0.05, 0) is 19.8 Å². The van der Waals surface area contributed by atoms with Gasteiger partial charge >= 0.3 is 0 Å². The van der Waals surface area contributed by atoms with Gasteiger partial charge in [0.05, 0.1) is 6.54 Å². The molecule has 0 fully saturated rings. The van der Waals surface area contributed by atoms with Gasteiger partial charge in [-0.2, -0.15) is 5.10 Å². The molecule has 2 N–H and O–H groups in total. The Morgan fingerprint density at radius 1 is 1.45 bits per heavy atom. The quantitative estimate of drug-likeness (QED) is 0.448. The smallest absolute Gasteiger partial charge is 0.191 e. The molecule has 0 amide bonds. The van der Waals surface area contributed by atoms with E-state index in [1.807, 2.05) is 4.68 Å². The van der Waals surface area contributed by atoms with Gasteiger partial charge in [0.25, 0.3) is 0 Å². The predicted molar refractivity (Wildman–Crippen MR) is 86.9 cm³/mol. The number of ether oxygens (including phenoxy) is 1. The number of rotatable bonds is 7. The van der Waals surface area contributed by atoms with Crippen molar-refractivity contribution >= 4 is 5.96 Å². The lowest BCUT2D eigenvalue weighted by Gasteiger charge is -2.25. The van der Waals surface area contributed by atoms with E-state index in [2.05, 4.69) is 39.6 Å². The summed E-state index contributed by atoms with van der Waals surface area (Å²) in [5, 5.41) is 11.3. The Balaban J connectivity index is 1.93. The van der Waals surface area contributed by atoms with E-state index in [-0.39, 0.29) is 0 Å². The maximum absolute atomic E-state index is 5.10. The lowest BCUT2D eigenvalue weighted by molar-refractivity contribution is 0.177. The Labute approximate surface area is 132 Å². The molecule has 7 nitrogen and oxygen atoms in total. The van der Waals surface area contributed by atoms with E-state index in [0.29, 0.717) is 12.6 Å². The summed E-state index contributed by atoms with van der Waals surface area (Å²) < 4.78 is 7.09.